The number of hydrogen-bond acceptors (Lipinski definition) is 4. The van der Waals surface area contributed by atoms with E-state index in [0.717, 1.165) is 16.9 Å². The molecule has 0 aliphatic rings. The standard InChI is InChI=1S/C14H13ClN2O2S/c15-12-3-1-10(2-4-12)8-20-9-11-7-13(17(18)19)5-6-14(11)16/h1-7H,8-9,16H2. The summed E-state index contributed by atoms with van der Waals surface area (Å²) in [7, 11) is 0. The maximum absolute atomic E-state index is 10.7. The molecule has 2 rings (SSSR count). The van der Waals surface area contributed by atoms with Crippen molar-refractivity contribution in [2.75, 3.05) is 5.73 Å². The molecule has 4 nitrogen and oxygen atoms in total. The minimum Gasteiger partial charge on any atom is -0.398 e. The van der Waals surface area contributed by atoms with Gasteiger partial charge in [0.2, 0.25) is 0 Å². The normalized spacial score (nSPS) is 10.4. The average Bonchev–Trinajstić information content (AvgIpc) is 2.43. The lowest BCUT2D eigenvalue weighted by atomic mass is 10.2. The van der Waals surface area contributed by atoms with Gasteiger partial charge in [-0.2, -0.15) is 11.8 Å². The molecular formula is C14H13ClN2O2S. The number of non-ortho nitro benzene ring substituents is 1. The van der Waals surface area contributed by atoms with Crippen LogP contribution < -0.4 is 5.73 Å². The minimum absolute atomic E-state index is 0.0706. The molecule has 2 N–H and O–H groups in total. The van der Waals surface area contributed by atoms with Crippen LogP contribution in [0.25, 0.3) is 0 Å². The van der Waals surface area contributed by atoms with E-state index >= 15 is 0 Å². The molecule has 0 saturated carbocycles. The zero-order valence-corrected chi connectivity index (χ0v) is 12.2. The molecule has 2 aromatic rings. The third-order valence-corrected chi connectivity index (χ3v) is 4.08. The van der Waals surface area contributed by atoms with Crippen molar-refractivity contribution in [1.29, 1.82) is 0 Å². The summed E-state index contributed by atoms with van der Waals surface area (Å²) < 4.78 is 0. The van der Waals surface area contributed by atoms with Crippen LogP contribution >= 0.6 is 23.4 Å². The molecule has 0 bridgehead atoms. The molecule has 0 aliphatic heterocycles. The zero-order valence-electron chi connectivity index (χ0n) is 10.6. The number of nitrogens with two attached hydrogens (primary N) is 1. The molecule has 0 aliphatic carbocycles. The van der Waals surface area contributed by atoms with Crippen molar-refractivity contribution in [2.45, 2.75) is 11.5 Å². The highest BCUT2D eigenvalue weighted by molar-refractivity contribution is 7.97. The molecule has 20 heavy (non-hydrogen) atoms. The lowest BCUT2D eigenvalue weighted by molar-refractivity contribution is -0.384. The van der Waals surface area contributed by atoms with Crippen molar-refractivity contribution in [3.8, 4) is 0 Å². The van der Waals surface area contributed by atoms with Crippen molar-refractivity contribution in [2.24, 2.45) is 0 Å². The van der Waals surface area contributed by atoms with Gasteiger partial charge < -0.3 is 5.73 Å². The Hall–Kier alpha value is -1.72. The Kier molecular flexibility index (Phi) is 4.87. The van der Waals surface area contributed by atoms with Gasteiger partial charge in [-0.1, -0.05) is 23.7 Å². The Bertz CT molecular complexity index is 617. The van der Waals surface area contributed by atoms with E-state index in [-0.39, 0.29) is 5.69 Å². The van der Waals surface area contributed by atoms with Crippen molar-refractivity contribution in [3.63, 3.8) is 0 Å². The predicted octanol–water partition coefficient (Wildman–Crippen LogP) is 4.26. The lowest BCUT2D eigenvalue weighted by Crippen LogP contribution is -1.96. The van der Waals surface area contributed by atoms with E-state index in [9.17, 15) is 10.1 Å². The second-order valence-corrected chi connectivity index (χ2v) is 5.68. The molecule has 6 heteroatoms. The van der Waals surface area contributed by atoms with Crippen LogP contribution in [0.1, 0.15) is 11.1 Å². The Balaban J connectivity index is 1.98. The molecule has 0 aromatic heterocycles. The van der Waals surface area contributed by atoms with Crippen LogP contribution in [-0.2, 0) is 11.5 Å². The predicted molar refractivity (Wildman–Crippen MR) is 84.0 cm³/mol. The highest BCUT2D eigenvalue weighted by Gasteiger charge is 2.09. The molecule has 0 heterocycles. The molecule has 104 valence electrons. The van der Waals surface area contributed by atoms with Crippen molar-refractivity contribution in [1.82, 2.24) is 0 Å². The number of nitro groups is 1. The van der Waals surface area contributed by atoms with E-state index in [4.69, 9.17) is 17.3 Å². The first-order valence-corrected chi connectivity index (χ1v) is 7.44. The fraction of sp³-hybridized carbons (Fsp3) is 0.143. The van der Waals surface area contributed by atoms with Crippen LogP contribution in [0.5, 0.6) is 0 Å². The van der Waals surface area contributed by atoms with Gasteiger partial charge in [-0.25, -0.2) is 0 Å². The number of halogens is 1. The quantitative estimate of drug-likeness (QED) is 0.509. The fourth-order valence-electron chi connectivity index (χ4n) is 1.69. The Morgan fingerprint density at radius 2 is 1.85 bits per heavy atom. The summed E-state index contributed by atoms with van der Waals surface area (Å²) in [6.45, 7) is 0. The first-order valence-electron chi connectivity index (χ1n) is 5.91. The number of thioether (sulfide) groups is 1. The first-order chi connectivity index (χ1) is 9.56. The molecule has 0 amide bonds. The van der Waals surface area contributed by atoms with Gasteiger partial charge >= 0.3 is 0 Å². The summed E-state index contributed by atoms with van der Waals surface area (Å²) in [5.41, 5.74) is 8.43. The summed E-state index contributed by atoms with van der Waals surface area (Å²) >= 11 is 7.48. The maximum atomic E-state index is 10.7. The Morgan fingerprint density at radius 1 is 1.15 bits per heavy atom. The van der Waals surface area contributed by atoms with Gasteiger partial charge in [0, 0.05) is 34.3 Å². The van der Waals surface area contributed by atoms with Crippen molar-refractivity contribution in [3.05, 3.63) is 68.7 Å². The number of anilines is 1. The Labute approximate surface area is 126 Å². The van der Waals surface area contributed by atoms with Crippen LogP contribution in [0, 0.1) is 10.1 Å². The SMILES string of the molecule is Nc1ccc([N+](=O)[O-])cc1CSCc1ccc(Cl)cc1. The molecule has 0 radical (unpaired) electrons. The van der Waals surface area contributed by atoms with Gasteiger partial charge in [0.25, 0.3) is 5.69 Å². The summed E-state index contributed by atoms with van der Waals surface area (Å²) in [5, 5.41) is 11.4. The topological polar surface area (TPSA) is 69.2 Å². The van der Waals surface area contributed by atoms with E-state index in [1.54, 1.807) is 17.8 Å². The molecule has 0 atom stereocenters. The minimum atomic E-state index is -0.410. The van der Waals surface area contributed by atoms with E-state index in [1.807, 2.05) is 24.3 Å². The average molecular weight is 309 g/mol. The van der Waals surface area contributed by atoms with Gasteiger partial charge in [0.1, 0.15) is 0 Å². The molecule has 0 unspecified atom stereocenters. The third-order valence-electron chi connectivity index (χ3n) is 2.78. The van der Waals surface area contributed by atoms with Crippen LogP contribution in [0.2, 0.25) is 5.02 Å². The van der Waals surface area contributed by atoms with Gasteiger partial charge in [-0.3, -0.25) is 10.1 Å². The van der Waals surface area contributed by atoms with Crippen LogP contribution in [0.4, 0.5) is 11.4 Å². The summed E-state index contributed by atoms with van der Waals surface area (Å²) in [6.07, 6.45) is 0. The van der Waals surface area contributed by atoms with Crippen molar-refractivity contribution < 1.29 is 4.92 Å². The van der Waals surface area contributed by atoms with E-state index in [2.05, 4.69) is 0 Å². The van der Waals surface area contributed by atoms with Gasteiger partial charge in [0.05, 0.1) is 4.92 Å². The van der Waals surface area contributed by atoms with Gasteiger partial charge in [0.15, 0.2) is 0 Å². The number of rotatable bonds is 5. The molecular weight excluding hydrogens is 296 g/mol. The second-order valence-electron chi connectivity index (χ2n) is 4.26. The monoisotopic (exact) mass is 308 g/mol. The van der Waals surface area contributed by atoms with E-state index in [1.165, 1.54) is 12.1 Å². The maximum Gasteiger partial charge on any atom is 0.269 e. The van der Waals surface area contributed by atoms with Crippen molar-refractivity contribution >= 4 is 34.7 Å². The molecule has 2 aromatic carbocycles. The highest BCUT2D eigenvalue weighted by atomic mass is 35.5. The smallest absolute Gasteiger partial charge is 0.269 e. The summed E-state index contributed by atoms with van der Waals surface area (Å²) in [6, 6.07) is 12.2. The number of nitrogen functional groups attached to an aromatic ring is 1. The van der Waals surface area contributed by atoms with E-state index < -0.39 is 4.92 Å². The first kappa shape index (κ1) is 14.7. The molecule has 0 fully saturated rings. The van der Waals surface area contributed by atoms with Crippen LogP contribution in [-0.4, -0.2) is 4.92 Å². The number of nitrogens with zero attached hydrogens (tertiary/aromatic N) is 1. The lowest BCUT2D eigenvalue weighted by Gasteiger charge is -2.06. The molecule has 0 saturated heterocycles. The zero-order chi connectivity index (χ0) is 14.5. The summed E-state index contributed by atoms with van der Waals surface area (Å²) in [4.78, 5) is 10.3. The van der Waals surface area contributed by atoms with Gasteiger partial charge in [-0.05, 0) is 29.3 Å². The van der Waals surface area contributed by atoms with Crippen LogP contribution in [0.3, 0.4) is 0 Å². The number of nitro benzene ring substituents is 1. The number of benzene rings is 2. The van der Waals surface area contributed by atoms with Gasteiger partial charge in [-0.15, -0.1) is 0 Å². The largest absolute Gasteiger partial charge is 0.398 e. The second kappa shape index (κ2) is 6.63. The van der Waals surface area contributed by atoms with E-state index in [0.29, 0.717) is 16.5 Å². The molecule has 0 spiro atoms. The third kappa shape index (κ3) is 3.88. The Morgan fingerprint density at radius 3 is 2.50 bits per heavy atom. The fourth-order valence-corrected chi connectivity index (χ4v) is 2.82. The highest BCUT2D eigenvalue weighted by Crippen LogP contribution is 2.25. The number of hydrogen-bond donors (Lipinski definition) is 1. The van der Waals surface area contributed by atoms with Crippen LogP contribution in [0.15, 0.2) is 42.5 Å². The summed E-state index contributed by atoms with van der Waals surface area (Å²) in [5.74, 6) is 1.44.